The van der Waals surface area contributed by atoms with Crippen LogP contribution < -0.4 is 10.6 Å². The maximum Gasteiger partial charge on any atom is 0.124 e. The summed E-state index contributed by atoms with van der Waals surface area (Å²) in [7, 11) is 0. The molecule has 0 spiro atoms. The number of anilines is 1. The number of nitrogens with one attached hydrogen (secondary N) is 2. The molecular formula is C12H14FN3. The van der Waals surface area contributed by atoms with Crippen LogP contribution >= 0.6 is 0 Å². The van der Waals surface area contributed by atoms with Crippen molar-refractivity contribution in [2.75, 3.05) is 18.4 Å². The molecule has 0 radical (unpaired) electrons. The van der Waals surface area contributed by atoms with Gasteiger partial charge in [0.25, 0.3) is 0 Å². The Kier molecular flexibility index (Phi) is 2.80. The van der Waals surface area contributed by atoms with E-state index in [9.17, 15) is 4.39 Å². The molecule has 84 valence electrons. The van der Waals surface area contributed by atoms with Crippen LogP contribution in [0.15, 0.2) is 18.2 Å². The van der Waals surface area contributed by atoms with Crippen LogP contribution in [0, 0.1) is 17.1 Å². The van der Waals surface area contributed by atoms with E-state index in [1.165, 1.54) is 12.1 Å². The molecule has 2 rings (SSSR count). The molecule has 1 aromatic rings. The van der Waals surface area contributed by atoms with Crippen LogP contribution in [0.4, 0.5) is 10.1 Å². The summed E-state index contributed by atoms with van der Waals surface area (Å²) in [6.07, 6.45) is 0.995. The van der Waals surface area contributed by atoms with E-state index in [2.05, 4.69) is 17.6 Å². The highest BCUT2D eigenvalue weighted by molar-refractivity contribution is 5.58. The topological polar surface area (TPSA) is 47.9 Å². The zero-order valence-corrected chi connectivity index (χ0v) is 9.18. The second kappa shape index (κ2) is 4.11. The van der Waals surface area contributed by atoms with Gasteiger partial charge in [-0.3, -0.25) is 0 Å². The molecule has 1 atom stereocenters. The van der Waals surface area contributed by atoms with Crippen LogP contribution in [0.2, 0.25) is 0 Å². The zero-order valence-electron chi connectivity index (χ0n) is 9.18. The Hall–Kier alpha value is -1.60. The highest BCUT2D eigenvalue weighted by Gasteiger charge is 2.28. The maximum absolute atomic E-state index is 13.0. The standard InChI is InChI=1S/C12H14FN3/c1-12(4-5-15-8-12)16-11-3-2-10(13)6-9(11)7-14/h2-3,6,15-16H,4-5,8H2,1H3. The van der Waals surface area contributed by atoms with Gasteiger partial charge in [-0.2, -0.15) is 5.26 Å². The summed E-state index contributed by atoms with van der Waals surface area (Å²) in [5, 5.41) is 15.5. The average Bonchev–Trinajstić information content (AvgIpc) is 2.68. The molecule has 4 heteroatoms. The molecule has 1 aromatic carbocycles. The van der Waals surface area contributed by atoms with E-state index < -0.39 is 0 Å². The predicted octanol–water partition coefficient (Wildman–Crippen LogP) is 1.86. The number of hydrogen-bond acceptors (Lipinski definition) is 3. The van der Waals surface area contributed by atoms with Crippen molar-refractivity contribution in [3.63, 3.8) is 0 Å². The molecule has 0 aliphatic carbocycles. The Balaban J connectivity index is 2.24. The minimum atomic E-state index is -0.378. The van der Waals surface area contributed by atoms with Crippen molar-refractivity contribution >= 4 is 5.69 Å². The molecule has 3 nitrogen and oxygen atoms in total. The lowest BCUT2D eigenvalue weighted by atomic mass is 10.0. The molecule has 0 amide bonds. The molecule has 0 aromatic heterocycles. The van der Waals surface area contributed by atoms with Crippen molar-refractivity contribution in [3.8, 4) is 6.07 Å². The minimum Gasteiger partial charge on any atom is -0.377 e. The van der Waals surface area contributed by atoms with Crippen LogP contribution in [0.25, 0.3) is 0 Å². The van der Waals surface area contributed by atoms with Crippen molar-refractivity contribution in [2.24, 2.45) is 0 Å². The fraction of sp³-hybridized carbons (Fsp3) is 0.417. The van der Waals surface area contributed by atoms with E-state index in [-0.39, 0.29) is 11.4 Å². The van der Waals surface area contributed by atoms with Gasteiger partial charge in [-0.05, 0) is 38.1 Å². The van der Waals surface area contributed by atoms with Gasteiger partial charge in [0.2, 0.25) is 0 Å². The lowest BCUT2D eigenvalue weighted by Crippen LogP contribution is -2.37. The maximum atomic E-state index is 13.0. The van der Waals surface area contributed by atoms with Gasteiger partial charge in [0, 0.05) is 12.1 Å². The van der Waals surface area contributed by atoms with Crippen molar-refractivity contribution in [3.05, 3.63) is 29.6 Å². The first-order chi connectivity index (χ1) is 7.63. The van der Waals surface area contributed by atoms with E-state index in [0.29, 0.717) is 11.3 Å². The smallest absolute Gasteiger partial charge is 0.124 e. The molecule has 1 saturated heterocycles. The van der Waals surface area contributed by atoms with Gasteiger partial charge in [-0.15, -0.1) is 0 Å². The molecule has 16 heavy (non-hydrogen) atoms. The summed E-state index contributed by atoms with van der Waals surface area (Å²) >= 11 is 0. The third kappa shape index (κ3) is 2.15. The van der Waals surface area contributed by atoms with Crippen LogP contribution in [-0.2, 0) is 0 Å². The predicted molar refractivity (Wildman–Crippen MR) is 60.6 cm³/mol. The highest BCUT2D eigenvalue weighted by atomic mass is 19.1. The Morgan fingerprint density at radius 2 is 2.38 bits per heavy atom. The SMILES string of the molecule is CC1(Nc2ccc(F)cc2C#N)CCNC1. The molecular weight excluding hydrogens is 205 g/mol. The molecule has 0 saturated carbocycles. The Morgan fingerprint density at radius 3 is 3.00 bits per heavy atom. The average molecular weight is 219 g/mol. The number of nitriles is 1. The van der Waals surface area contributed by atoms with Crippen LogP contribution in [-0.4, -0.2) is 18.6 Å². The molecule has 0 bridgehead atoms. The summed E-state index contributed by atoms with van der Waals surface area (Å²) in [5.74, 6) is -0.378. The summed E-state index contributed by atoms with van der Waals surface area (Å²) in [5.41, 5.74) is 1.01. The second-order valence-corrected chi connectivity index (χ2v) is 4.41. The fourth-order valence-electron chi connectivity index (χ4n) is 1.97. The van der Waals surface area contributed by atoms with Crippen molar-refractivity contribution < 1.29 is 4.39 Å². The van der Waals surface area contributed by atoms with Gasteiger partial charge >= 0.3 is 0 Å². The molecule has 1 fully saturated rings. The molecule has 2 N–H and O–H groups in total. The van der Waals surface area contributed by atoms with Gasteiger partial charge in [-0.1, -0.05) is 0 Å². The Bertz CT molecular complexity index is 430. The number of halogens is 1. The summed E-state index contributed by atoms with van der Waals surface area (Å²) in [6.45, 7) is 3.92. The summed E-state index contributed by atoms with van der Waals surface area (Å²) in [4.78, 5) is 0. The monoisotopic (exact) mass is 219 g/mol. The normalized spacial score (nSPS) is 24.1. The summed E-state index contributed by atoms with van der Waals surface area (Å²) < 4.78 is 13.0. The Labute approximate surface area is 94.3 Å². The minimum absolute atomic E-state index is 0.0522. The second-order valence-electron chi connectivity index (χ2n) is 4.41. The van der Waals surface area contributed by atoms with E-state index in [0.717, 1.165) is 19.5 Å². The molecule has 1 heterocycles. The number of rotatable bonds is 2. The van der Waals surface area contributed by atoms with Gasteiger partial charge in [0.15, 0.2) is 0 Å². The van der Waals surface area contributed by atoms with Crippen molar-refractivity contribution in [1.82, 2.24) is 5.32 Å². The van der Waals surface area contributed by atoms with Crippen molar-refractivity contribution in [1.29, 1.82) is 5.26 Å². The largest absolute Gasteiger partial charge is 0.377 e. The van der Waals surface area contributed by atoms with Crippen molar-refractivity contribution in [2.45, 2.75) is 18.9 Å². The summed E-state index contributed by atoms with van der Waals surface area (Å²) in [6, 6.07) is 6.26. The number of nitrogens with zero attached hydrogens (tertiary/aromatic N) is 1. The molecule has 1 aliphatic heterocycles. The third-order valence-corrected chi connectivity index (χ3v) is 2.91. The van der Waals surface area contributed by atoms with Crippen LogP contribution in [0.5, 0.6) is 0 Å². The van der Waals surface area contributed by atoms with Gasteiger partial charge < -0.3 is 10.6 Å². The molecule has 1 aliphatic rings. The van der Waals surface area contributed by atoms with E-state index in [1.54, 1.807) is 6.07 Å². The van der Waals surface area contributed by atoms with Gasteiger partial charge in [-0.25, -0.2) is 4.39 Å². The fourth-order valence-corrected chi connectivity index (χ4v) is 1.97. The highest BCUT2D eigenvalue weighted by Crippen LogP contribution is 2.24. The third-order valence-electron chi connectivity index (χ3n) is 2.91. The first kappa shape index (κ1) is 10.9. The lowest BCUT2D eigenvalue weighted by Gasteiger charge is -2.26. The number of hydrogen-bond donors (Lipinski definition) is 2. The quantitative estimate of drug-likeness (QED) is 0.798. The first-order valence-corrected chi connectivity index (χ1v) is 5.31. The van der Waals surface area contributed by atoms with Crippen LogP contribution in [0.1, 0.15) is 18.9 Å². The van der Waals surface area contributed by atoms with Crippen LogP contribution in [0.3, 0.4) is 0 Å². The first-order valence-electron chi connectivity index (χ1n) is 5.31. The van der Waals surface area contributed by atoms with E-state index in [4.69, 9.17) is 5.26 Å². The van der Waals surface area contributed by atoms with E-state index >= 15 is 0 Å². The van der Waals surface area contributed by atoms with E-state index in [1.807, 2.05) is 6.07 Å². The van der Waals surface area contributed by atoms with Gasteiger partial charge in [0.1, 0.15) is 11.9 Å². The Morgan fingerprint density at radius 1 is 1.56 bits per heavy atom. The van der Waals surface area contributed by atoms with Gasteiger partial charge in [0.05, 0.1) is 11.3 Å². The molecule has 1 unspecified atom stereocenters. The zero-order chi connectivity index (χ0) is 11.6. The number of benzene rings is 1. The lowest BCUT2D eigenvalue weighted by molar-refractivity contribution is 0.566.